The Kier molecular flexibility index (Phi) is 8.72. The summed E-state index contributed by atoms with van der Waals surface area (Å²) in [7, 11) is -0.127. The van der Waals surface area contributed by atoms with E-state index in [1.54, 1.807) is 12.1 Å². The third-order valence-electron chi connectivity index (χ3n) is 7.42. The van der Waals surface area contributed by atoms with Gasteiger partial charge in [-0.25, -0.2) is 8.78 Å². The summed E-state index contributed by atoms with van der Waals surface area (Å²) in [6, 6.07) is 24.5. The molecule has 4 rings (SSSR count). The van der Waals surface area contributed by atoms with Crippen LogP contribution in [0.3, 0.4) is 0 Å². The van der Waals surface area contributed by atoms with E-state index < -0.39 is 11.6 Å². The first-order valence-corrected chi connectivity index (χ1v) is 15.2. The van der Waals surface area contributed by atoms with Crippen molar-refractivity contribution >= 4 is 8.80 Å². The van der Waals surface area contributed by atoms with Gasteiger partial charge in [0.2, 0.25) is 0 Å². The van der Waals surface area contributed by atoms with E-state index >= 15 is 4.39 Å². The molecular weight excluding hydrogens is 438 g/mol. The van der Waals surface area contributed by atoms with Gasteiger partial charge < -0.3 is 0 Å². The topological polar surface area (TPSA) is 0 Å². The molecule has 0 bridgehead atoms. The molecule has 0 saturated carbocycles. The van der Waals surface area contributed by atoms with Gasteiger partial charge in [0.25, 0.3) is 0 Å². The fraction of sp³-hybridized carbons (Fsp3) is 0.419. The lowest BCUT2D eigenvalue weighted by Gasteiger charge is -2.28. The van der Waals surface area contributed by atoms with Crippen molar-refractivity contribution in [2.45, 2.75) is 82.8 Å². The molecule has 179 valence electrons. The monoisotopic (exact) mass is 475 g/mol. The van der Waals surface area contributed by atoms with Gasteiger partial charge in [-0.15, -0.1) is 0 Å². The van der Waals surface area contributed by atoms with E-state index in [1.807, 2.05) is 31.2 Å². The molecule has 0 nitrogen and oxygen atoms in total. The fourth-order valence-electron chi connectivity index (χ4n) is 5.40. The van der Waals surface area contributed by atoms with Crippen LogP contribution in [0.5, 0.6) is 0 Å². The van der Waals surface area contributed by atoms with Crippen LogP contribution in [0, 0.1) is 11.6 Å². The van der Waals surface area contributed by atoms with E-state index in [2.05, 4.69) is 31.2 Å². The van der Waals surface area contributed by atoms with Gasteiger partial charge in [0.15, 0.2) is 11.6 Å². The van der Waals surface area contributed by atoms with Gasteiger partial charge in [-0.3, -0.25) is 0 Å². The third kappa shape index (κ3) is 5.68. The molecule has 0 aliphatic carbocycles. The highest BCUT2D eigenvalue weighted by Gasteiger charge is 2.23. The number of benzene rings is 3. The number of hydrogen-bond donors (Lipinski definition) is 0. The molecule has 3 aromatic rings. The highest BCUT2D eigenvalue weighted by molar-refractivity contribution is 6.59. The molecule has 1 heterocycles. The molecule has 0 aromatic heterocycles. The van der Waals surface area contributed by atoms with Crippen LogP contribution in [0.25, 0.3) is 22.3 Å². The molecule has 0 amide bonds. The zero-order chi connectivity index (χ0) is 23.9. The van der Waals surface area contributed by atoms with E-state index in [4.69, 9.17) is 0 Å². The minimum atomic E-state index is -0.742. The minimum absolute atomic E-state index is 0.127. The Morgan fingerprint density at radius 3 is 2.12 bits per heavy atom. The van der Waals surface area contributed by atoms with Crippen molar-refractivity contribution in [3.05, 3.63) is 83.4 Å². The number of halogens is 2. The molecular formula is C31H37F2Si. The summed E-state index contributed by atoms with van der Waals surface area (Å²) in [6.07, 6.45) is 8.12. The Balaban J connectivity index is 1.51. The Labute approximate surface area is 206 Å². The van der Waals surface area contributed by atoms with E-state index in [1.165, 1.54) is 55.8 Å². The van der Waals surface area contributed by atoms with Crippen LogP contribution in [-0.2, 0) is 6.42 Å². The summed E-state index contributed by atoms with van der Waals surface area (Å²) in [4.78, 5) is 0. The van der Waals surface area contributed by atoms with E-state index in [0.29, 0.717) is 23.5 Å². The second kappa shape index (κ2) is 11.9. The Morgan fingerprint density at radius 1 is 0.735 bits per heavy atom. The van der Waals surface area contributed by atoms with Crippen LogP contribution < -0.4 is 0 Å². The van der Waals surface area contributed by atoms with Crippen LogP contribution >= 0.6 is 0 Å². The molecule has 0 N–H and O–H groups in total. The standard InChI is InChI=1S/C31H37F2Si/c1-3-5-8-20-34-21-18-24(19-22-34)23-12-14-25(15-13-23)27-10-6-7-11-28(27)29-17-16-26(9-4-2)30(32)31(29)33/h6-7,10-17,24H,3-5,8-9,18-22H2,1-2H3. The Hall–Kier alpha value is -2.26. The van der Waals surface area contributed by atoms with Crippen molar-refractivity contribution in [2.75, 3.05) is 0 Å². The molecule has 34 heavy (non-hydrogen) atoms. The van der Waals surface area contributed by atoms with E-state index in [-0.39, 0.29) is 8.80 Å². The zero-order valence-electron chi connectivity index (χ0n) is 20.7. The molecule has 1 saturated heterocycles. The van der Waals surface area contributed by atoms with Crippen molar-refractivity contribution in [3.8, 4) is 22.3 Å². The van der Waals surface area contributed by atoms with Gasteiger partial charge in [0.1, 0.15) is 0 Å². The Bertz CT molecular complexity index is 1070. The smallest absolute Gasteiger partial charge is 0.166 e. The van der Waals surface area contributed by atoms with Crippen LogP contribution in [-0.4, -0.2) is 8.80 Å². The first-order chi connectivity index (χ1) is 16.6. The van der Waals surface area contributed by atoms with E-state index in [0.717, 1.165) is 23.1 Å². The average molecular weight is 476 g/mol. The predicted molar refractivity (Wildman–Crippen MR) is 143 cm³/mol. The highest BCUT2D eigenvalue weighted by atomic mass is 28.3. The summed E-state index contributed by atoms with van der Waals surface area (Å²) >= 11 is 0. The van der Waals surface area contributed by atoms with Gasteiger partial charge in [-0.1, -0.05) is 118 Å². The van der Waals surface area contributed by atoms with Crippen molar-refractivity contribution < 1.29 is 8.78 Å². The maximum absolute atomic E-state index is 15.0. The maximum atomic E-state index is 15.0. The number of aryl methyl sites for hydroxylation is 1. The van der Waals surface area contributed by atoms with Gasteiger partial charge in [-0.2, -0.15) is 0 Å². The zero-order valence-corrected chi connectivity index (χ0v) is 21.7. The van der Waals surface area contributed by atoms with Crippen LogP contribution in [0.2, 0.25) is 18.1 Å². The molecule has 1 aliphatic rings. The summed E-state index contributed by atoms with van der Waals surface area (Å²) in [5, 5.41) is 0. The summed E-state index contributed by atoms with van der Waals surface area (Å²) in [5.41, 5.74) is 4.95. The first-order valence-electron chi connectivity index (χ1n) is 13.1. The van der Waals surface area contributed by atoms with Crippen LogP contribution in [0.4, 0.5) is 8.78 Å². The molecule has 0 unspecified atom stereocenters. The molecule has 0 spiro atoms. The van der Waals surface area contributed by atoms with E-state index in [9.17, 15) is 4.39 Å². The molecule has 0 atom stereocenters. The molecule has 3 aromatic carbocycles. The number of unbranched alkanes of at least 4 members (excludes halogenated alkanes) is 2. The second-order valence-electron chi connectivity index (χ2n) is 9.80. The maximum Gasteiger partial charge on any atom is 0.166 e. The Morgan fingerprint density at radius 2 is 1.44 bits per heavy atom. The first kappa shape index (κ1) is 24.8. The van der Waals surface area contributed by atoms with Crippen molar-refractivity contribution in [1.29, 1.82) is 0 Å². The van der Waals surface area contributed by atoms with Gasteiger partial charge in [-0.05, 0) is 53.0 Å². The van der Waals surface area contributed by atoms with Crippen LogP contribution in [0.1, 0.15) is 69.4 Å². The summed E-state index contributed by atoms with van der Waals surface area (Å²) in [6.45, 7) is 4.26. The lowest BCUT2D eigenvalue weighted by Crippen LogP contribution is -2.20. The van der Waals surface area contributed by atoms with Gasteiger partial charge in [0, 0.05) is 14.4 Å². The highest BCUT2D eigenvalue weighted by Crippen LogP contribution is 2.38. The van der Waals surface area contributed by atoms with Crippen LogP contribution in [0.15, 0.2) is 60.7 Å². The molecule has 3 heteroatoms. The SMILES string of the molecule is CCCCC[Si]1CCC(c2ccc(-c3ccccc3-c3ccc(CCC)c(F)c3F)cc2)CC1. The fourth-order valence-corrected chi connectivity index (χ4v) is 8.41. The lowest BCUT2D eigenvalue weighted by atomic mass is 9.89. The molecule has 1 fully saturated rings. The summed E-state index contributed by atoms with van der Waals surface area (Å²) < 4.78 is 29.7. The summed E-state index contributed by atoms with van der Waals surface area (Å²) in [5.74, 6) is -0.784. The van der Waals surface area contributed by atoms with Crippen molar-refractivity contribution in [2.24, 2.45) is 0 Å². The van der Waals surface area contributed by atoms with Gasteiger partial charge in [0.05, 0.1) is 0 Å². The van der Waals surface area contributed by atoms with Crippen molar-refractivity contribution in [3.63, 3.8) is 0 Å². The number of hydrogen-bond acceptors (Lipinski definition) is 0. The quantitative estimate of drug-likeness (QED) is 0.213. The molecule has 1 radical (unpaired) electrons. The number of rotatable bonds is 9. The normalized spacial score (nSPS) is 15.1. The van der Waals surface area contributed by atoms with Crippen molar-refractivity contribution in [1.82, 2.24) is 0 Å². The average Bonchev–Trinajstić information content (AvgIpc) is 2.88. The lowest BCUT2D eigenvalue weighted by molar-refractivity contribution is 0.500. The second-order valence-corrected chi connectivity index (χ2v) is 12.8. The third-order valence-corrected chi connectivity index (χ3v) is 10.5. The predicted octanol–water partition coefficient (Wildman–Crippen LogP) is 9.81. The van der Waals surface area contributed by atoms with Gasteiger partial charge >= 0.3 is 0 Å². The minimum Gasteiger partial charge on any atom is -0.203 e. The molecule has 1 aliphatic heterocycles. The largest absolute Gasteiger partial charge is 0.203 e.